The molecule has 2 aromatic carbocycles. The molecule has 3 rings (SSSR count). The van der Waals surface area contributed by atoms with Crippen molar-refractivity contribution in [3.63, 3.8) is 0 Å². The van der Waals surface area contributed by atoms with Gasteiger partial charge in [-0.3, -0.25) is 9.69 Å². The lowest BCUT2D eigenvalue weighted by molar-refractivity contribution is -0.119. The lowest BCUT2D eigenvalue weighted by atomic mass is 10.0. The zero-order valence-corrected chi connectivity index (χ0v) is 16.6. The van der Waals surface area contributed by atoms with Gasteiger partial charge in [-0.25, -0.2) is 8.78 Å². The molecule has 0 N–H and O–H groups in total. The van der Waals surface area contributed by atoms with Crippen LogP contribution in [0.1, 0.15) is 43.7 Å². The third-order valence-electron chi connectivity index (χ3n) is 5.38. The fourth-order valence-electron chi connectivity index (χ4n) is 3.85. The summed E-state index contributed by atoms with van der Waals surface area (Å²) >= 11 is 0. The van der Waals surface area contributed by atoms with Crippen molar-refractivity contribution in [2.24, 2.45) is 0 Å². The predicted octanol–water partition coefficient (Wildman–Crippen LogP) is 5.07. The SMILES string of the molecule is CCCC(=O)N(c1ccc(C)c(F)c1)C1CCN(Cc2cccc(F)c2)CC1. The van der Waals surface area contributed by atoms with Crippen LogP contribution in [-0.4, -0.2) is 29.9 Å². The molecule has 5 heteroatoms. The van der Waals surface area contributed by atoms with E-state index >= 15 is 0 Å². The van der Waals surface area contributed by atoms with Crippen LogP contribution in [0.4, 0.5) is 14.5 Å². The van der Waals surface area contributed by atoms with Gasteiger partial charge in [0.2, 0.25) is 5.91 Å². The Morgan fingerprint density at radius 2 is 1.89 bits per heavy atom. The van der Waals surface area contributed by atoms with Crippen molar-refractivity contribution < 1.29 is 13.6 Å². The summed E-state index contributed by atoms with van der Waals surface area (Å²) in [5.41, 5.74) is 2.18. The first-order valence-corrected chi connectivity index (χ1v) is 10.0. The molecular formula is C23H28F2N2O. The lowest BCUT2D eigenvalue weighted by Crippen LogP contribution is -2.47. The third kappa shape index (κ3) is 4.96. The van der Waals surface area contributed by atoms with Gasteiger partial charge < -0.3 is 4.90 Å². The highest BCUT2D eigenvalue weighted by Gasteiger charge is 2.29. The van der Waals surface area contributed by atoms with E-state index < -0.39 is 0 Å². The second kappa shape index (κ2) is 9.28. The van der Waals surface area contributed by atoms with Crippen molar-refractivity contribution in [2.75, 3.05) is 18.0 Å². The first-order valence-electron chi connectivity index (χ1n) is 10.0. The second-order valence-electron chi connectivity index (χ2n) is 7.58. The molecule has 1 aliphatic rings. The van der Waals surface area contributed by atoms with E-state index in [2.05, 4.69) is 4.90 Å². The summed E-state index contributed by atoms with van der Waals surface area (Å²) < 4.78 is 27.5. The maximum Gasteiger partial charge on any atom is 0.227 e. The van der Waals surface area contributed by atoms with E-state index in [1.807, 2.05) is 19.1 Å². The molecular weight excluding hydrogens is 358 g/mol. The normalized spacial score (nSPS) is 15.6. The Balaban J connectivity index is 1.70. The molecule has 1 amide bonds. The van der Waals surface area contributed by atoms with Crippen LogP contribution in [0.5, 0.6) is 0 Å². The van der Waals surface area contributed by atoms with E-state index in [-0.39, 0.29) is 23.6 Å². The molecule has 0 bridgehead atoms. The number of amides is 1. The molecule has 2 aromatic rings. The summed E-state index contributed by atoms with van der Waals surface area (Å²) in [7, 11) is 0. The largest absolute Gasteiger partial charge is 0.309 e. The quantitative estimate of drug-likeness (QED) is 0.692. The number of piperidine rings is 1. The van der Waals surface area contributed by atoms with Gasteiger partial charge in [-0.1, -0.05) is 25.1 Å². The van der Waals surface area contributed by atoms with Crippen molar-refractivity contribution in [2.45, 2.75) is 52.1 Å². The standard InChI is InChI=1S/C23H28F2N2O/c1-3-5-23(28)27(21-9-8-17(2)22(25)15-21)20-10-12-26(13-11-20)16-18-6-4-7-19(24)14-18/h4,6-9,14-15,20H,3,5,10-13,16H2,1-2H3. The van der Waals surface area contributed by atoms with E-state index in [1.165, 1.54) is 12.1 Å². The average Bonchev–Trinajstić information content (AvgIpc) is 2.66. The van der Waals surface area contributed by atoms with Gasteiger partial charge in [0, 0.05) is 37.8 Å². The maximum atomic E-state index is 14.1. The lowest BCUT2D eigenvalue weighted by Gasteiger charge is -2.38. The summed E-state index contributed by atoms with van der Waals surface area (Å²) in [5, 5.41) is 0. The molecule has 0 aliphatic carbocycles. The number of halogens is 2. The molecule has 0 unspecified atom stereocenters. The Kier molecular flexibility index (Phi) is 6.79. The highest BCUT2D eigenvalue weighted by atomic mass is 19.1. The molecule has 0 spiro atoms. The minimum Gasteiger partial charge on any atom is -0.309 e. The van der Waals surface area contributed by atoms with Crippen LogP contribution in [0.25, 0.3) is 0 Å². The number of nitrogens with zero attached hydrogens (tertiary/aromatic N) is 2. The monoisotopic (exact) mass is 386 g/mol. The van der Waals surface area contributed by atoms with Crippen LogP contribution in [0.15, 0.2) is 42.5 Å². The highest BCUT2D eigenvalue weighted by Crippen LogP contribution is 2.27. The number of carbonyl (C=O) groups is 1. The van der Waals surface area contributed by atoms with Gasteiger partial charge in [0.1, 0.15) is 11.6 Å². The molecule has 28 heavy (non-hydrogen) atoms. The maximum absolute atomic E-state index is 14.1. The summed E-state index contributed by atoms with van der Waals surface area (Å²) in [6, 6.07) is 11.8. The number of hydrogen-bond acceptors (Lipinski definition) is 2. The number of likely N-dealkylation sites (tertiary alicyclic amines) is 1. The Labute approximate surface area is 166 Å². The summed E-state index contributed by atoms with van der Waals surface area (Å²) in [6.45, 7) is 6.05. The van der Waals surface area contributed by atoms with Gasteiger partial charge >= 0.3 is 0 Å². The van der Waals surface area contributed by atoms with E-state index in [4.69, 9.17) is 0 Å². The summed E-state index contributed by atoms with van der Waals surface area (Å²) in [5.74, 6) is -0.449. The topological polar surface area (TPSA) is 23.6 Å². The average molecular weight is 386 g/mol. The molecule has 3 nitrogen and oxygen atoms in total. The zero-order chi connectivity index (χ0) is 20.1. The highest BCUT2D eigenvalue weighted by molar-refractivity contribution is 5.94. The van der Waals surface area contributed by atoms with Gasteiger partial charge in [0.15, 0.2) is 0 Å². The number of rotatable bonds is 6. The Morgan fingerprint density at radius 1 is 1.14 bits per heavy atom. The Bertz CT molecular complexity index is 816. The molecule has 1 fully saturated rings. The minimum atomic E-state index is -0.282. The molecule has 0 saturated carbocycles. The Morgan fingerprint density at radius 3 is 2.54 bits per heavy atom. The fraction of sp³-hybridized carbons (Fsp3) is 0.435. The first-order chi connectivity index (χ1) is 13.5. The Hall–Kier alpha value is -2.27. The van der Waals surface area contributed by atoms with Crippen molar-refractivity contribution >= 4 is 11.6 Å². The molecule has 1 heterocycles. The smallest absolute Gasteiger partial charge is 0.227 e. The third-order valence-corrected chi connectivity index (χ3v) is 5.38. The molecule has 0 radical (unpaired) electrons. The van der Waals surface area contributed by atoms with Crippen LogP contribution in [0, 0.1) is 18.6 Å². The van der Waals surface area contributed by atoms with Crippen LogP contribution in [0.3, 0.4) is 0 Å². The van der Waals surface area contributed by atoms with Crippen molar-refractivity contribution in [1.82, 2.24) is 4.90 Å². The number of benzene rings is 2. The summed E-state index contributed by atoms with van der Waals surface area (Å²) in [4.78, 5) is 16.9. The fourth-order valence-corrected chi connectivity index (χ4v) is 3.85. The van der Waals surface area contributed by atoms with Crippen LogP contribution in [-0.2, 0) is 11.3 Å². The minimum absolute atomic E-state index is 0.0503. The number of carbonyl (C=O) groups excluding carboxylic acids is 1. The number of aryl methyl sites for hydroxylation is 1. The molecule has 1 saturated heterocycles. The van der Waals surface area contributed by atoms with Crippen molar-refractivity contribution in [1.29, 1.82) is 0 Å². The molecule has 0 aromatic heterocycles. The molecule has 0 atom stereocenters. The number of anilines is 1. The van der Waals surface area contributed by atoms with Crippen LogP contribution in [0.2, 0.25) is 0 Å². The van der Waals surface area contributed by atoms with E-state index in [0.717, 1.165) is 37.9 Å². The van der Waals surface area contributed by atoms with Gasteiger partial charge in [-0.05, 0) is 61.6 Å². The van der Waals surface area contributed by atoms with Crippen LogP contribution < -0.4 is 4.90 Å². The zero-order valence-electron chi connectivity index (χ0n) is 16.6. The second-order valence-corrected chi connectivity index (χ2v) is 7.58. The van der Waals surface area contributed by atoms with Crippen molar-refractivity contribution in [3.05, 3.63) is 65.2 Å². The van der Waals surface area contributed by atoms with Crippen molar-refractivity contribution in [3.8, 4) is 0 Å². The van der Waals surface area contributed by atoms with Gasteiger partial charge in [0.25, 0.3) is 0 Å². The van der Waals surface area contributed by atoms with E-state index in [0.29, 0.717) is 24.2 Å². The number of hydrogen-bond donors (Lipinski definition) is 0. The summed E-state index contributed by atoms with van der Waals surface area (Å²) in [6.07, 6.45) is 2.86. The van der Waals surface area contributed by atoms with Crippen LogP contribution >= 0.6 is 0 Å². The molecule has 150 valence electrons. The van der Waals surface area contributed by atoms with E-state index in [1.54, 1.807) is 30.0 Å². The van der Waals surface area contributed by atoms with Gasteiger partial charge in [-0.15, -0.1) is 0 Å². The predicted molar refractivity (Wildman–Crippen MR) is 108 cm³/mol. The van der Waals surface area contributed by atoms with Gasteiger partial charge in [0.05, 0.1) is 0 Å². The van der Waals surface area contributed by atoms with Gasteiger partial charge in [-0.2, -0.15) is 0 Å². The molecule has 1 aliphatic heterocycles. The van der Waals surface area contributed by atoms with E-state index in [9.17, 15) is 13.6 Å². The first kappa shape index (κ1) is 20.5.